The molecule has 1 unspecified atom stereocenters. The highest BCUT2D eigenvalue weighted by Crippen LogP contribution is 2.36. The van der Waals surface area contributed by atoms with E-state index < -0.39 is 6.10 Å². The number of thiophene rings is 1. The number of hydrogen-bond donors (Lipinski definition) is 1. The van der Waals surface area contributed by atoms with Crippen molar-refractivity contribution in [2.24, 2.45) is 0 Å². The predicted octanol–water partition coefficient (Wildman–Crippen LogP) is 1.97. The SMILES string of the molecule is CNC(=O)C1CN(C(=O)c2cc3c(s2)CCOC3)c2ccccc2O1. The molecule has 7 heteroatoms. The minimum Gasteiger partial charge on any atom is -0.477 e. The van der Waals surface area contributed by atoms with Crippen LogP contribution in [0.2, 0.25) is 0 Å². The highest BCUT2D eigenvalue weighted by atomic mass is 32.1. The molecular formula is C18H18N2O4S. The first kappa shape index (κ1) is 16.1. The van der Waals surface area contributed by atoms with Crippen LogP contribution in [0.4, 0.5) is 5.69 Å². The lowest BCUT2D eigenvalue weighted by molar-refractivity contribution is -0.127. The zero-order valence-corrected chi connectivity index (χ0v) is 14.6. The number of fused-ring (bicyclic) bond motifs is 2. The number of likely N-dealkylation sites (N-methyl/N-ethyl adjacent to an activating group) is 1. The van der Waals surface area contributed by atoms with Gasteiger partial charge in [-0.25, -0.2) is 0 Å². The Kier molecular flexibility index (Phi) is 4.19. The molecule has 0 fully saturated rings. The van der Waals surface area contributed by atoms with E-state index in [4.69, 9.17) is 9.47 Å². The van der Waals surface area contributed by atoms with Crippen molar-refractivity contribution in [2.75, 3.05) is 25.1 Å². The minimum absolute atomic E-state index is 0.107. The molecule has 0 aliphatic carbocycles. The van der Waals surface area contributed by atoms with E-state index in [1.165, 1.54) is 16.2 Å². The molecule has 2 aromatic rings. The average molecular weight is 358 g/mol. The van der Waals surface area contributed by atoms with Crippen molar-refractivity contribution < 1.29 is 19.1 Å². The highest BCUT2D eigenvalue weighted by Gasteiger charge is 2.34. The number of hydrogen-bond acceptors (Lipinski definition) is 5. The average Bonchev–Trinajstić information content (AvgIpc) is 3.10. The summed E-state index contributed by atoms with van der Waals surface area (Å²) < 4.78 is 11.2. The maximum absolute atomic E-state index is 13.1. The topological polar surface area (TPSA) is 67.9 Å². The summed E-state index contributed by atoms with van der Waals surface area (Å²) >= 11 is 1.51. The zero-order chi connectivity index (χ0) is 17.4. The lowest BCUT2D eigenvalue weighted by Crippen LogP contribution is -2.50. The number of nitrogens with zero attached hydrogens (tertiary/aromatic N) is 1. The van der Waals surface area contributed by atoms with Gasteiger partial charge in [-0.15, -0.1) is 11.3 Å². The van der Waals surface area contributed by atoms with Gasteiger partial charge in [-0.05, 0) is 23.8 Å². The van der Waals surface area contributed by atoms with Crippen LogP contribution < -0.4 is 15.0 Å². The minimum atomic E-state index is -0.721. The number of rotatable bonds is 2. The Morgan fingerprint density at radius 1 is 1.32 bits per heavy atom. The Morgan fingerprint density at radius 3 is 2.96 bits per heavy atom. The zero-order valence-electron chi connectivity index (χ0n) is 13.8. The molecule has 4 rings (SSSR count). The van der Waals surface area contributed by atoms with Gasteiger partial charge in [-0.1, -0.05) is 12.1 Å². The molecule has 1 aromatic carbocycles. The van der Waals surface area contributed by atoms with Crippen LogP contribution in [-0.2, 0) is 22.6 Å². The van der Waals surface area contributed by atoms with Crippen molar-refractivity contribution >= 4 is 28.8 Å². The summed E-state index contributed by atoms with van der Waals surface area (Å²) in [6.07, 6.45) is 0.121. The van der Waals surface area contributed by atoms with Gasteiger partial charge in [0.1, 0.15) is 5.75 Å². The third-order valence-electron chi connectivity index (χ3n) is 4.40. The van der Waals surface area contributed by atoms with Gasteiger partial charge < -0.3 is 14.8 Å². The molecule has 0 saturated carbocycles. The second-order valence-corrected chi connectivity index (χ2v) is 7.10. The number of carbonyl (C=O) groups excluding carboxylic acids is 2. The van der Waals surface area contributed by atoms with Crippen LogP contribution in [0.25, 0.3) is 0 Å². The molecule has 2 aliphatic heterocycles. The van der Waals surface area contributed by atoms with Crippen molar-refractivity contribution in [3.63, 3.8) is 0 Å². The fraction of sp³-hybridized carbons (Fsp3) is 0.333. The van der Waals surface area contributed by atoms with E-state index in [-0.39, 0.29) is 18.4 Å². The van der Waals surface area contributed by atoms with E-state index in [0.717, 1.165) is 12.0 Å². The fourth-order valence-electron chi connectivity index (χ4n) is 3.11. The second kappa shape index (κ2) is 6.50. The van der Waals surface area contributed by atoms with Gasteiger partial charge in [0.15, 0.2) is 6.10 Å². The Hall–Kier alpha value is -2.38. The molecule has 0 saturated heterocycles. The summed E-state index contributed by atoms with van der Waals surface area (Å²) in [6, 6.07) is 9.21. The molecule has 0 bridgehead atoms. The normalized spacial score (nSPS) is 18.8. The molecule has 2 aliphatic rings. The maximum atomic E-state index is 13.1. The number of para-hydroxylation sites is 2. The third-order valence-corrected chi connectivity index (χ3v) is 5.62. The van der Waals surface area contributed by atoms with E-state index in [2.05, 4.69) is 5.32 Å². The van der Waals surface area contributed by atoms with Gasteiger partial charge in [-0.3, -0.25) is 14.5 Å². The maximum Gasteiger partial charge on any atom is 0.268 e. The Balaban J connectivity index is 1.68. The lowest BCUT2D eigenvalue weighted by atomic mass is 10.1. The van der Waals surface area contributed by atoms with Crippen molar-refractivity contribution in [1.82, 2.24) is 5.32 Å². The predicted molar refractivity (Wildman–Crippen MR) is 94.3 cm³/mol. The fourth-order valence-corrected chi connectivity index (χ4v) is 4.21. The highest BCUT2D eigenvalue weighted by molar-refractivity contribution is 7.14. The first-order valence-electron chi connectivity index (χ1n) is 8.16. The van der Waals surface area contributed by atoms with E-state index >= 15 is 0 Å². The van der Waals surface area contributed by atoms with E-state index in [9.17, 15) is 9.59 Å². The molecule has 2 amide bonds. The summed E-state index contributed by atoms with van der Waals surface area (Å²) in [5.74, 6) is 0.190. The molecule has 0 spiro atoms. The molecule has 3 heterocycles. The van der Waals surface area contributed by atoms with Crippen molar-refractivity contribution in [1.29, 1.82) is 0 Å². The first-order valence-corrected chi connectivity index (χ1v) is 8.97. The van der Waals surface area contributed by atoms with E-state index in [1.54, 1.807) is 18.0 Å². The van der Waals surface area contributed by atoms with Gasteiger partial charge in [0, 0.05) is 18.3 Å². The number of carbonyl (C=O) groups is 2. The number of ether oxygens (including phenoxy) is 2. The summed E-state index contributed by atoms with van der Waals surface area (Å²) in [6.45, 7) is 1.44. The number of nitrogens with one attached hydrogen (secondary N) is 1. The number of benzene rings is 1. The van der Waals surface area contributed by atoms with Crippen LogP contribution in [0, 0.1) is 0 Å². The van der Waals surface area contributed by atoms with Crippen LogP contribution in [0.15, 0.2) is 30.3 Å². The third kappa shape index (κ3) is 2.89. The number of amides is 2. The number of anilines is 1. The smallest absolute Gasteiger partial charge is 0.268 e. The van der Waals surface area contributed by atoms with Crippen LogP contribution >= 0.6 is 11.3 Å². The van der Waals surface area contributed by atoms with Gasteiger partial charge >= 0.3 is 0 Å². The van der Waals surface area contributed by atoms with Gasteiger partial charge in [0.05, 0.1) is 30.3 Å². The molecule has 130 valence electrons. The largest absolute Gasteiger partial charge is 0.477 e. The van der Waals surface area contributed by atoms with Gasteiger partial charge in [0.2, 0.25) is 0 Å². The Morgan fingerprint density at radius 2 is 2.16 bits per heavy atom. The van der Waals surface area contributed by atoms with Crippen molar-refractivity contribution in [2.45, 2.75) is 19.1 Å². The van der Waals surface area contributed by atoms with Crippen LogP contribution in [-0.4, -0.2) is 38.1 Å². The molecule has 25 heavy (non-hydrogen) atoms. The van der Waals surface area contributed by atoms with Crippen molar-refractivity contribution in [3.05, 3.63) is 45.6 Å². The van der Waals surface area contributed by atoms with Gasteiger partial charge in [0.25, 0.3) is 11.8 Å². The summed E-state index contributed by atoms with van der Waals surface area (Å²) in [7, 11) is 1.56. The molecule has 6 nitrogen and oxygen atoms in total. The molecule has 1 aromatic heterocycles. The van der Waals surface area contributed by atoms with Gasteiger partial charge in [-0.2, -0.15) is 0 Å². The molecule has 1 N–H and O–H groups in total. The summed E-state index contributed by atoms with van der Waals surface area (Å²) in [5.41, 5.74) is 1.78. The lowest BCUT2D eigenvalue weighted by Gasteiger charge is -2.33. The standard InChI is InChI=1S/C18H18N2O4S/c1-19-17(21)14-9-20(12-4-2-3-5-13(12)24-14)18(22)16-8-11-10-23-7-6-15(11)25-16/h2-5,8,14H,6-7,9-10H2,1H3,(H,19,21). The Bertz CT molecular complexity index is 809. The molecular weight excluding hydrogens is 340 g/mol. The van der Waals surface area contributed by atoms with Crippen LogP contribution in [0.5, 0.6) is 5.75 Å². The quantitative estimate of drug-likeness (QED) is 0.891. The second-order valence-electron chi connectivity index (χ2n) is 5.97. The molecule has 1 atom stereocenters. The monoisotopic (exact) mass is 358 g/mol. The van der Waals surface area contributed by atoms with Crippen LogP contribution in [0.3, 0.4) is 0 Å². The molecule has 0 radical (unpaired) electrons. The van der Waals surface area contributed by atoms with E-state index in [0.29, 0.717) is 29.5 Å². The summed E-state index contributed by atoms with van der Waals surface area (Å²) in [5, 5.41) is 2.59. The van der Waals surface area contributed by atoms with Crippen molar-refractivity contribution in [3.8, 4) is 5.75 Å². The van der Waals surface area contributed by atoms with Crippen LogP contribution in [0.1, 0.15) is 20.1 Å². The Labute approximate surface area is 149 Å². The first-order chi connectivity index (χ1) is 12.2. The summed E-state index contributed by atoms with van der Waals surface area (Å²) in [4.78, 5) is 28.7. The van der Waals surface area contributed by atoms with E-state index in [1.807, 2.05) is 24.3 Å².